The van der Waals surface area contributed by atoms with Crippen molar-refractivity contribution < 1.29 is 52.1 Å². The van der Waals surface area contributed by atoms with E-state index in [1.807, 2.05) is 39.0 Å². The third kappa shape index (κ3) is 8.47. The van der Waals surface area contributed by atoms with Crippen LogP contribution < -0.4 is 5.32 Å². The maximum absolute atomic E-state index is 13.1. The molecule has 1 unspecified atom stereocenters. The minimum Gasteiger partial charge on any atom is -0.490 e. The number of likely N-dealkylation sites (tertiary alicyclic amines) is 1. The van der Waals surface area contributed by atoms with Crippen molar-refractivity contribution in [2.45, 2.75) is 70.7 Å². The van der Waals surface area contributed by atoms with Gasteiger partial charge in [0.25, 0.3) is 0 Å². The number of anilines is 1. The van der Waals surface area contributed by atoms with E-state index in [4.69, 9.17) is 4.74 Å². The number of rotatable bonds is 6. The average molecular weight is 528 g/mol. The molecular formula is C25H33N3O4Y-2. The Morgan fingerprint density at radius 1 is 1.27 bits per heavy atom. The quantitative estimate of drug-likeness (QED) is 0.427. The van der Waals surface area contributed by atoms with Gasteiger partial charge in [-0.2, -0.15) is 6.92 Å². The molecule has 0 aliphatic carbocycles. The van der Waals surface area contributed by atoms with Gasteiger partial charge in [-0.05, 0) is 51.7 Å². The Bertz CT molecular complexity index is 856. The summed E-state index contributed by atoms with van der Waals surface area (Å²) in [5.74, 6) is 0. The van der Waals surface area contributed by atoms with Gasteiger partial charge in [-0.15, -0.1) is 17.8 Å². The van der Waals surface area contributed by atoms with Crippen LogP contribution in [0.5, 0.6) is 0 Å². The summed E-state index contributed by atoms with van der Waals surface area (Å²) >= 11 is 0. The molecule has 8 heteroatoms. The molecule has 177 valence electrons. The van der Waals surface area contributed by atoms with Gasteiger partial charge in [0.1, 0.15) is 11.7 Å². The molecule has 0 spiro atoms. The molecule has 0 bridgehead atoms. The van der Waals surface area contributed by atoms with Crippen molar-refractivity contribution in [1.82, 2.24) is 9.88 Å². The Kier molecular flexibility index (Phi) is 12.2. The Hall–Kier alpha value is -1.83. The van der Waals surface area contributed by atoms with Crippen molar-refractivity contribution in [2.24, 2.45) is 0 Å². The molecule has 1 aromatic carbocycles. The number of hydrogen-bond acceptors (Lipinski definition) is 5. The third-order valence-electron chi connectivity index (χ3n) is 5.16. The molecule has 2 N–H and O–H groups in total. The predicted molar refractivity (Wildman–Crippen MR) is 125 cm³/mol. The summed E-state index contributed by atoms with van der Waals surface area (Å²) in [6.45, 7) is 10.5. The van der Waals surface area contributed by atoms with E-state index >= 15 is 0 Å². The zero-order valence-corrected chi connectivity index (χ0v) is 22.7. The van der Waals surface area contributed by atoms with E-state index in [9.17, 15) is 14.7 Å². The second kappa shape index (κ2) is 13.8. The molecule has 1 aromatic heterocycles. The molecule has 3 rings (SSSR count). The predicted octanol–water partition coefficient (Wildman–Crippen LogP) is 4.44. The first-order chi connectivity index (χ1) is 15.3. The van der Waals surface area contributed by atoms with E-state index in [2.05, 4.69) is 17.2 Å². The summed E-state index contributed by atoms with van der Waals surface area (Å²) < 4.78 is 5.66. The number of nitrogens with zero attached hydrogens (tertiary/aromatic N) is 2. The fourth-order valence-corrected chi connectivity index (χ4v) is 3.85. The first-order valence-electron chi connectivity index (χ1n) is 10.8. The molecular weight excluding hydrogens is 495 g/mol. The van der Waals surface area contributed by atoms with Gasteiger partial charge in [0.05, 0.1) is 12.5 Å². The van der Waals surface area contributed by atoms with Gasteiger partial charge in [-0.3, -0.25) is 9.88 Å². The second-order valence-corrected chi connectivity index (χ2v) is 8.55. The number of benzene rings is 1. The van der Waals surface area contributed by atoms with Crippen LogP contribution in [0.3, 0.4) is 0 Å². The number of ether oxygens (including phenoxy) is 1. The Balaban J connectivity index is 0.00000177. The molecule has 3 atom stereocenters. The Morgan fingerprint density at radius 3 is 2.48 bits per heavy atom. The van der Waals surface area contributed by atoms with E-state index in [0.717, 1.165) is 12.0 Å². The van der Waals surface area contributed by atoms with Crippen LogP contribution in [0.1, 0.15) is 57.8 Å². The number of pyridine rings is 1. The normalized spacial score (nSPS) is 18.3. The van der Waals surface area contributed by atoms with E-state index in [0.29, 0.717) is 24.1 Å². The van der Waals surface area contributed by atoms with Gasteiger partial charge in [0, 0.05) is 56.7 Å². The maximum Gasteiger partial charge on any atom is 0.410 e. The largest absolute Gasteiger partial charge is 0.490 e. The minimum atomic E-state index is -0.842. The minimum absolute atomic E-state index is 0. The van der Waals surface area contributed by atoms with Crippen LogP contribution in [0, 0.1) is 6.92 Å². The molecule has 0 saturated carbocycles. The van der Waals surface area contributed by atoms with Crippen LogP contribution in [-0.2, 0) is 48.7 Å². The van der Waals surface area contributed by atoms with Crippen molar-refractivity contribution in [3.63, 3.8) is 0 Å². The maximum atomic E-state index is 13.1. The summed E-state index contributed by atoms with van der Waals surface area (Å²) in [6.07, 6.45) is 5.71. The summed E-state index contributed by atoms with van der Waals surface area (Å²) in [7, 11) is 0. The zero-order chi connectivity index (χ0) is 23.7. The fourth-order valence-electron chi connectivity index (χ4n) is 3.85. The molecule has 1 saturated heterocycles. The van der Waals surface area contributed by atoms with Crippen LogP contribution in [0.2, 0.25) is 0 Å². The van der Waals surface area contributed by atoms with Gasteiger partial charge >= 0.3 is 6.09 Å². The van der Waals surface area contributed by atoms with Gasteiger partial charge in [-0.1, -0.05) is 18.2 Å². The first kappa shape index (κ1) is 29.2. The van der Waals surface area contributed by atoms with Crippen molar-refractivity contribution >= 4 is 18.2 Å². The third-order valence-corrected chi connectivity index (χ3v) is 5.16. The molecule has 2 heterocycles. The summed E-state index contributed by atoms with van der Waals surface area (Å²) in [6, 6.07) is 10.5. The van der Waals surface area contributed by atoms with Crippen molar-refractivity contribution in [2.75, 3.05) is 5.32 Å². The molecule has 1 aliphatic heterocycles. The van der Waals surface area contributed by atoms with Crippen LogP contribution in [0.25, 0.3) is 0 Å². The van der Waals surface area contributed by atoms with Crippen LogP contribution >= 0.6 is 0 Å². The standard InChI is InChI=1S/C23H28N3O4.C2H5.Y/c1-23(2,3)30-22(29)26-19(13-16-6-8-18(9-7-16)25-15-27)10-11-20(26)21(28)17-5-4-12-24-14-17;1-2;/h4-9,12,14,19-21,28H,10-11,13H2,1-3H3,(H,25,27);1H2,2H3;/q2*-1;/t19?,20-,21-;;/m1../s1. The molecule has 33 heavy (non-hydrogen) atoms. The SMILES string of the molecule is CC(C)(C)OC(=O)N1C(Cc2ccc(N[C-]=O)cc2)CC[C@@H]1[C@H](O)c1cccnc1.[CH2-]C.[Y]. The number of nitrogens with one attached hydrogen (secondary N) is 1. The number of carbonyl (C=O) groups is 1. The Morgan fingerprint density at radius 2 is 1.94 bits per heavy atom. The Labute approximate surface area is 222 Å². The number of aliphatic hydroxyl groups excluding tert-OH is 1. The van der Waals surface area contributed by atoms with Crippen molar-refractivity contribution in [3.05, 3.63) is 66.8 Å². The van der Waals surface area contributed by atoms with E-state index in [-0.39, 0.29) is 44.8 Å². The summed E-state index contributed by atoms with van der Waals surface area (Å²) in [4.78, 5) is 29.3. The van der Waals surface area contributed by atoms with Crippen molar-refractivity contribution in [3.8, 4) is 0 Å². The molecule has 2 aromatic rings. The van der Waals surface area contributed by atoms with Crippen LogP contribution in [-0.4, -0.2) is 45.2 Å². The zero-order valence-electron chi connectivity index (χ0n) is 19.8. The molecule has 1 aliphatic rings. The average Bonchev–Trinajstić information content (AvgIpc) is 3.19. The number of aliphatic hydroxyl groups is 1. The summed E-state index contributed by atoms with van der Waals surface area (Å²) in [5, 5.41) is 13.5. The first-order valence-corrected chi connectivity index (χ1v) is 10.8. The van der Waals surface area contributed by atoms with Crippen LogP contribution in [0.15, 0.2) is 48.8 Å². The van der Waals surface area contributed by atoms with E-state index in [1.54, 1.807) is 48.8 Å². The topological polar surface area (TPSA) is 91.8 Å². The number of hydrogen-bond donors (Lipinski definition) is 2. The molecule has 7 nitrogen and oxygen atoms in total. The summed E-state index contributed by atoms with van der Waals surface area (Å²) in [5.41, 5.74) is 1.74. The molecule has 1 fully saturated rings. The molecule has 2 amide bonds. The van der Waals surface area contributed by atoms with Crippen LogP contribution in [0.4, 0.5) is 10.5 Å². The van der Waals surface area contributed by atoms with E-state index < -0.39 is 17.8 Å². The van der Waals surface area contributed by atoms with Gasteiger partial charge < -0.3 is 26.9 Å². The smallest absolute Gasteiger partial charge is 0.410 e. The van der Waals surface area contributed by atoms with E-state index in [1.165, 1.54) is 0 Å². The van der Waals surface area contributed by atoms with Gasteiger partial charge in [0.15, 0.2) is 0 Å². The monoisotopic (exact) mass is 528 g/mol. The fraction of sp³-hybridized carbons (Fsp3) is 0.440. The number of aromatic nitrogens is 1. The van der Waals surface area contributed by atoms with Gasteiger partial charge in [0.2, 0.25) is 0 Å². The molecule has 1 radical (unpaired) electrons. The second-order valence-electron chi connectivity index (χ2n) is 8.55. The van der Waals surface area contributed by atoms with Gasteiger partial charge in [-0.25, -0.2) is 4.79 Å². The number of carbonyl (C=O) groups excluding carboxylic acids is 2. The number of amides is 2. The van der Waals surface area contributed by atoms with Crippen molar-refractivity contribution in [1.29, 1.82) is 0 Å².